The van der Waals surface area contributed by atoms with Crippen LogP contribution in [0.4, 0.5) is 11.6 Å². The van der Waals surface area contributed by atoms with Gasteiger partial charge in [0.25, 0.3) is 0 Å². The third kappa shape index (κ3) is 4.52. The van der Waals surface area contributed by atoms with E-state index in [1.54, 1.807) is 16.7 Å². The fourth-order valence-corrected chi connectivity index (χ4v) is 4.01. The van der Waals surface area contributed by atoms with E-state index in [9.17, 15) is 8.42 Å². The maximum atomic E-state index is 11.7. The second kappa shape index (κ2) is 7.27. The molecular formula is C17H22N4O2S. The summed E-state index contributed by atoms with van der Waals surface area (Å²) >= 11 is 0. The number of hydrogen-bond acceptors (Lipinski definition) is 5. The van der Waals surface area contributed by atoms with Crippen molar-refractivity contribution in [2.45, 2.75) is 19.3 Å². The Morgan fingerprint density at radius 3 is 2.79 bits per heavy atom. The standard InChI is InChI=1S/C17H22N4O2S/c1-24(22,23)21-10-4-5-15(13-21)11-14-7-9-19-17(12-14)20-16-6-2-3-8-18-16/h2-3,6-9,12,15H,4-5,10-11,13H2,1H3,(H,18,19,20). The number of sulfonamides is 1. The molecule has 0 amide bonds. The highest BCUT2D eigenvalue weighted by molar-refractivity contribution is 7.88. The van der Waals surface area contributed by atoms with Crippen LogP contribution in [0.1, 0.15) is 18.4 Å². The first-order chi connectivity index (χ1) is 11.5. The molecule has 2 aromatic rings. The fourth-order valence-electron chi connectivity index (χ4n) is 3.07. The first-order valence-corrected chi connectivity index (χ1v) is 9.93. The molecule has 24 heavy (non-hydrogen) atoms. The molecule has 0 aliphatic carbocycles. The van der Waals surface area contributed by atoms with Gasteiger partial charge in [0.05, 0.1) is 6.26 Å². The van der Waals surface area contributed by atoms with E-state index in [0.29, 0.717) is 19.0 Å². The smallest absolute Gasteiger partial charge is 0.211 e. The van der Waals surface area contributed by atoms with Gasteiger partial charge in [0, 0.05) is 25.5 Å². The summed E-state index contributed by atoms with van der Waals surface area (Å²) in [5.41, 5.74) is 1.16. The molecule has 0 aromatic carbocycles. The van der Waals surface area contributed by atoms with E-state index in [1.807, 2.05) is 30.3 Å². The van der Waals surface area contributed by atoms with E-state index in [0.717, 1.165) is 36.5 Å². The van der Waals surface area contributed by atoms with Crippen molar-refractivity contribution in [1.82, 2.24) is 14.3 Å². The number of nitrogens with one attached hydrogen (secondary N) is 1. The van der Waals surface area contributed by atoms with Gasteiger partial charge in [0.2, 0.25) is 10.0 Å². The Morgan fingerprint density at radius 2 is 2.04 bits per heavy atom. The third-order valence-electron chi connectivity index (χ3n) is 4.22. The maximum Gasteiger partial charge on any atom is 0.211 e. The van der Waals surface area contributed by atoms with Crippen LogP contribution in [0.2, 0.25) is 0 Å². The second-order valence-electron chi connectivity index (χ2n) is 6.22. The molecule has 0 radical (unpaired) electrons. The van der Waals surface area contributed by atoms with Gasteiger partial charge in [-0.25, -0.2) is 22.7 Å². The summed E-state index contributed by atoms with van der Waals surface area (Å²) in [6, 6.07) is 9.67. The first-order valence-electron chi connectivity index (χ1n) is 8.09. The number of piperidine rings is 1. The zero-order valence-corrected chi connectivity index (χ0v) is 14.5. The summed E-state index contributed by atoms with van der Waals surface area (Å²) < 4.78 is 25.1. The van der Waals surface area contributed by atoms with Crippen LogP contribution in [0.5, 0.6) is 0 Å². The van der Waals surface area contributed by atoms with Crippen molar-refractivity contribution in [1.29, 1.82) is 0 Å². The molecule has 1 saturated heterocycles. The van der Waals surface area contributed by atoms with Crippen LogP contribution in [-0.2, 0) is 16.4 Å². The number of hydrogen-bond donors (Lipinski definition) is 1. The molecule has 6 nitrogen and oxygen atoms in total. The molecule has 0 spiro atoms. The Kier molecular flexibility index (Phi) is 5.11. The van der Waals surface area contributed by atoms with Crippen LogP contribution < -0.4 is 5.32 Å². The highest BCUT2D eigenvalue weighted by Crippen LogP contribution is 2.23. The first kappa shape index (κ1) is 16.9. The largest absolute Gasteiger partial charge is 0.325 e. The molecule has 1 fully saturated rings. The lowest BCUT2D eigenvalue weighted by Crippen LogP contribution is -2.39. The van der Waals surface area contributed by atoms with Gasteiger partial charge in [-0.2, -0.15) is 0 Å². The van der Waals surface area contributed by atoms with E-state index >= 15 is 0 Å². The van der Waals surface area contributed by atoms with Crippen LogP contribution >= 0.6 is 0 Å². The molecule has 2 aromatic heterocycles. The Labute approximate surface area is 143 Å². The number of rotatable bonds is 5. The summed E-state index contributed by atoms with van der Waals surface area (Å²) in [7, 11) is -3.10. The van der Waals surface area contributed by atoms with Crippen molar-refractivity contribution in [3.05, 3.63) is 48.3 Å². The van der Waals surface area contributed by atoms with Crippen LogP contribution in [0.15, 0.2) is 42.7 Å². The van der Waals surface area contributed by atoms with E-state index < -0.39 is 10.0 Å². The third-order valence-corrected chi connectivity index (χ3v) is 5.49. The van der Waals surface area contributed by atoms with Gasteiger partial charge in [-0.05, 0) is 55.0 Å². The molecule has 1 N–H and O–H groups in total. The molecule has 3 heterocycles. The van der Waals surface area contributed by atoms with Crippen LogP contribution in [0.3, 0.4) is 0 Å². The van der Waals surface area contributed by atoms with Crippen molar-refractivity contribution in [2.75, 3.05) is 24.7 Å². The molecule has 128 valence electrons. The van der Waals surface area contributed by atoms with E-state index in [-0.39, 0.29) is 0 Å². The van der Waals surface area contributed by atoms with Crippen molar-refractivity contribution >= 4 is 21.7 Å². The highest BCUT2D eigenvalue weighted by atomic mass is 32.2. The molecule has 1 aliphatic heterocycles. The quantitative estimate of drug-likeness (QED) is 0.900. The molecule has 1 atom stereocenters. The van der Waals surface area contributed by atoms with E-state index in [4.69, 9.17) is 0 Å². The van der Waals surface area contributed by atoms with Crippen LogP contribution in [0.25, 0.3) is 0 Å². The summed E-state index contributed by atoms with van der Waals surface area (Å²) in [6.45, 7) is 1.24. The van der Waals surface area contributed by atoms with Gasteiger partial charge < -0.3 is 5.32 Å². The maximum absolute atomic E-state index is 11.7. The predicted octanol–water partition coefficient (Wildman–Crippen LogP) is 2.43. The van der Waals surface area contributed by atoms with Gasteiger partial charge in [0.1, 0.15) is 11.6 Å². The molecule has 3 rings (SSSR count). The fraction of sp³-hybridized carbons (Fsp3) is 0.412. The lowest BCUT2D eigenvalue weighted by molar-refractivity contribution is 0.267. The van der Waals surface area contributed by atoms with Gasteiger partial charge in [-0.1, -0.05) is 6.07 Å². The Hall–Kier alpha value is -1.99. The molecule has 1 aliphatic rings. The molecule has 1 unspecified atom stereocenters. The number of anilines is 2. The lowest BCUT2D eigenvalue weighted by Gasteiger charge is -2.31. The van der Waals surface area contributed by atoms with Crippen molar-refractivity contribution in [2.24, 2.45) is 5.92 Å². The lowest BCUT2D eigenvalue weighted by atomic mass is 9.93. The average Bonchev–Trinajstić information content (AvgIpc) is 2.56. The number of pyridine rings is 2. The minimum atomic E-state index is -3.10. The van der Waals surface area contributed by atoms with Crippen LogP contribution in [-0.4, -0.2) is 42.0 Å². The Morgan fingerprint density at radius 1 is 1.21 bits per heavy atom. The van der Waals surface area contributed by atoms with Gasteiger partial charge >= 0.3 is 0 Å². The normalized spacial score (nSPS) is 19.1. The van der Waals surface area contributed by atoms with Gasteiger partial charge in [-0.15, -0.1) is 0 Å². The minimum absolute atomic E-state index is 0.346. The minimum Gasteiger partial charge on any atom is -0.325 e. The average molecular weight is 346 g/mol. The van der Waals surface area contributed by atoms with E-state index in [1.165, 1.54) is 6.26 Å². The van der Waals surface area contributed by atoms with Crippen molar-refractivity contribution in [3.8, 4) is 0 Å². The van der Waals surface area contributed by atoms with Crippen LogP contribution in [0, 0.1) is 5.92 Å². The number of nitrogens with zero attached hydrogens (tertiary/aromatic N) is 3. The molecule has 0 saturated carbocycles. The summed E-state index contributed by atoms with van der Waals surface area (Å²) in [6.07, 6.45) is 7.62. The predicted molar refractivity (Wildman–Crippen MR) is 94.6 cm³/mol. The van der Waals surface area contributed by atoms with Crippen molar-refractivity contribution < 1.29 is 8.42 Å². The van der Waals surface area contributed by atoms with Gasteiger partial charge in [-0.3, -0.25) is 0 Å². The highest BCUT2D eigenvalue weighted by Gasteiger charge is 2.25. The second-order valence-corrected chi connectivity index (χ2v) is 8.21. The molecule has 7 heteroatoms. The molecule has 0 bridgehead atoms. The zero-order valence-electron chi connectivity index (χ0n) is 13.7. The SMILES string of the molecule is CS(=O)(=O)N1CCCC(Cc2ccnc(Nc3ccccn3)c2)C1. The number of aromatic nitrogens is 2. The zero-order chi connectivity index (χ0) is 17.0. The molecular weight excluding hydrogens is 324 g/mol. The Balaban J connectivity index is 1.66. The summed E-state index contributed by atoms with van der Waals surface area (Å²) in [4.78, 5) is 8.56. The Bertz CT molecular complexity index is 780. The van der Waals surface area contributed by atoms with E-state index in [2.05, 4.69) is 15.3 Å². The summed E-state index contributed by atoms with van der Waals surface area (Å²) in [5, 5.41) is 3.19. The van der Waals surface area contributed by atoms with Gasteiger partial charge in [0.15, 0.2) is 0 Å². The monoisotopic (exact) mass is 346 g/mol. The summed E-state index contributed by atoms with van der Waals surface area (Å²) in [5.74, 6) is 1.85. The topological polar surface area (TPSA) is 75.2 Å². The van der Waals surface area contributed by atoms with Crippen molar-refractivity contribution in [3.63, 3.8) is 0 Å².